The minimum atomic E-state index is -5.01. The van der Waals surface area contributed by atoms with Crippen LogP contribution in [0.15, 0.2) is 146 Å². The predicted octanol–water partition coefficient (Wildman–Crippen LogP) is 24.2. The molecule has 0 saturated carbocycles. The molecule has 3 N–H and O–H groups in total. The second-order valence-electron chi connectivity index (χ2n) is 27.0. The van der Waals surface area contributed by atoms with Gasteiger partial charge in [-0.2, -0.15) is 0 Å². The van der Waals surface area contributed by atoms with Gasteiger partial charge in [0, 0.05) is 25.7 Å². The fourth-order valence-electron chi connectivity index (χ4n) is 10.5. The number of ether oxygens (including phenoxy) is 4. The van der Waals surface area contributed by atoms with E-state index in [2.05, 4.69) is 143 Å². The molecule has 5 atom stereocenters. The van der Waals surface area contributed by atoms with Crippen LogP contribution in [0.25, 0.3) is 0 Å². The molecule has 0 aromatic rings. The van der Waals surface area contributed by atoms with Gasteiger partial charge in [-0.1, -0.05) is 289 Å². The lowest BCUT2D eigenvalue weighted by Crippen LogP contribution is -2.30. The summed E-state index contributed by atoms with van der Waals surface area (Å²) in [5.74, 6) is -2.36. The van der Waals surface area contributed by atoms with Crippen LogP contribution in [0.4, 0.5) is 0 Å². The van der Waals surface area contributed by atoms with Gasteiger partial charge in [-0.3, -0.25) is 37.3 Å². The van der Waals surface area contributed by atoms with E-state index in [4.69, 9.17) is 37.0 Å². The fourth-order valence-corrected chi connectivity index (χ4v) is 12.1. The first-order chi connectivity index (χ1) is 51.7. The smallest absolute Gasteiger partial charge is 0.462 e. The Morgan fingerprint density at radius 2 is 0.519 bits per heavy atom. The van der Waals surface area contributed by atoms with E-state index in [-0.39, 0.29) is 25.7 Å². The van der Waals surface area contributed by atoms with Gasteiger partial charge in [-0.05, 0) is 154 Å². The molecule has 0 aromatic heterocycles. The molecule has 0 aliphatic heterocycles. The molecule has 0 aliphatic carbocycles. The largest absolute Gasteiger partial charge is 0.472 e. The number of esters is 4. The number of allylic oxidation sites excluding steroid dienone is 24. The van der Waals surface area contributed by atoms with E-state index in [1.54, 1.807) is 0 Å². The lowest BCUT2D eigenvalue weighted by Gasteiger charge is -2.21. The first-order valence-corrected chi connectivity index (χ1v) is 44.1. The predicted molar refractivity (Wildman–Crippen MR) is 436 cm³/mol. The van der Waals surface area contributed by atoms with Gasteiger partial charge in [-0.15, -0.1) is 0 Å². The molecule has 0 aliphatic rings. The summed E-state index contributed by atoms with van der Waals surface area (Å²) in [4.78, 5) is 73.0. The second kappa shape index (κ2) is 78.1. The summed E-state index contributed by atoms with van der Waals surface area (Å²) in [7, 11) is -10.0. The number of rotatable bonds is 76. The Balaban J connectivity index is 5.50. The Bertz CT molecular complexity index is 2580. The van der Waals surface area contributed by atoms with Crippen LogP contribution in [0, 0.1) is 0 Å². The lowest BCUT2D eigenvalue weighted by atomic mass is 10.1. The minimum Gasteiger partial charge on any atom is -0.462 e. The lowest BCUT2D eigenvalue weighted by molar-refractivity contribution is -0.161. The molecule has 0 heterocycles. The number of unbranched alkanes of at least 4 members (excludes halogenated alkanes) is 26. The van der Waals surface area contributed by atoms with Crippen LogP contribution >= 0.6 is 15.6 Å². The number of aliphatic hydroxyl groups excluding tert-OH is 1. The molecule has 17 nitrogen and oxygen atoms in total. The molecule has 0 fully saturated rings. The number of phosphoric acid groups is 2. The van der Waals surface area contributed by atoms with Crippen LogP contribution in [-0.4, -0.2) is 96.7 Å². The van der Waals surface area contributed by atoms with Crippen molar-refractivity contribution in [2.45, 2.75) is 341 Å². The van der Waals surface area contributed by atoms with Crippen molar-refractivity contribution in [1.29, 1.82) is 0 Å². The number of carbonyl (C=O) groups is 4. The summed E-state index contributed by atoms with van der Waals surface area (Å²) >= 11 is 0. The monoisotopic (exact) mass is 1530 g/mol. The van der Waals surface area contributed by atoms with Gasteiger partial charge < -0.3 is 33.8 Å². The fraction of sp³-hybridized carbons (Fsp3) is 0.678. The van der Waals surface area contributed by atoms with Crippen molar-refractivity contribution in [2.75, 3.05) is 39.6 Å². The summed E-state index contributed by atoms with van der Waals surface area (Å²) < 4.78 is 68.5. The Kier molecular flexibility index (Phi) is 74.3. The minimum absolute atomic E-state index is 0.00319. The molecule has 106 heavy (non-hydrogen) atoms. The highest BCUT2D eigenvalue weighted by Crippen LogP contribution is 2.45. The van der Waals surface area contributed by atoms with E-state index in [0.29, 0.717) is 38.5 Å². The molecule has 0 aromatic carbocycles. The molecule has 0 saturated heterocycles. The van der Waals surface area contributed by atoms with Gasteiger partial charge in [0.25, 0.3) is 0 Å². The summed E-state index contributed by atoms with van der Waals surface area (Å²) in [6.07, 6.45) is 89.9. The highest BCUT2D eigenvalue weighted by molar-refractivity contribution is 7.47. The van der Waals surface area contributed by atoms with Crippen molar-refractivity contribution in [1.82, 2.24) is 0 Å². The Morgan fingerprint density at radius 1 is 0.274 bits per heavy atom. The third kappa shape index (κ3) is 77.1. The normalized spacial score (nSPS) is 14.6. The molecule has 0 amide bonds. The van der Waals surface area contributed by atoms with Crippen molar-refractivity contribution in [2.24, 2.45) is 0 Å². The van der Waals surface area contributed by atoms with E-state index < -0.39 is 97.5 Å². The van der Waals surface area contributed by atoms with E-state index >= 15 is 0 Å². The number of carbonyl (C=O) groups excluding carboxylic acids is 4. The first-order valence-electron chi connectivity index (χ1n) is 41.1. The molecular weight excluding hydrogens is 1380 g/mol. The van der Waals surface area contributed by atoms with E-state index in [9.17, 15) is 43.2 Å². The van der Waals surface area contributed by atoms with Crippen molar-refractivity contribution in [3.05, 3.63) is 146 Å². The molecule has 19 heteroatoms. The maximum atomic E-state index is 13.1. The van der Waals surface area contributed by atoms with Gasteiger partial charge in [0.2, 0.25) is 0 Å². The quantitative estimate of drug-likeness (QED) is 0.0169. The van der Waals surface area contributed by atoms with E-state index in [1.807, 2.05) is 30.4 Å². The molecular formula is C87H146O17P2. The Morgan fingerprint density at radius 3 is 0.877 bits per heavy atom. The van der Waals surface area contributed by atoms with Crippen LogP contribution < -0.4 is 0 Å². The highest BCUT2D eigenvalue weighted by Gasteiger charge is 2.30. The SMILES string of the molecule is CCC=CCC=CCC=CCC=CCC=CCC=CCCC(=O)OC[C@H](COP(=O)(O)OCC(O)COP(=O)(O)OC[C@@H](COC(=O)CCCCCCCC=CCC=CCCCCC)OC(=O)CCCCCCCC=CCCCCCCCC)OC(=O)CCCC=CCC=CCC=CCCCCCCCC. The van der Waals surface area contributed by atoms with Crippen molar-refractivity contribution in [3.63, 3.8) is 0 Å². The highest BCUT2D eigenvalue weighted by atomic mass is 31.2. The number of hydrogen-bond acceptors (Lipinski definition) is 15. The molecule has 0 bridgehead atoms. The Labute approximate surface area is 643 Å². The summed E-state index contributed by atoms with van der Waals surface area (Å²) in [5.41, 5.74) is 0. The van der Waals surface area contributed by atoms with Crippen LogP contribution in [0.1, 0.15) is 323 Å². The van der Waals surface area contributed by atoms with Gasteiger partial charge in [0.05, 0.1) is 26.4 Å². The third-order valence-corrected chi connectivity index (χ3v) is 18.7. The molecule has 0 spiro atoms. The number of aliphatic hydroxyl groups is 1. The maximum Gasteiger partial charge on any atom is 0.472 e. The van der Waals surface area contributed by atoms with E-state index in [1.165, 1.54) is 96.3 Å². The standard InChI is InChI=1S/C87H146O17P2/c1-5-9-13-17-21-25-29-33-37-39-40-42-45-48-52-56-60-64-68-72-85(90)98-78-83(104-87(92)74-70-66-62-58-54-50-46-41-38-34-30-26-22-18-14-10-6-2)80-102-106(95,96)100-76-81(88)75-99-105(93,94)101-79-82(103-86(91)73-69-65-61-57-53-49-44-36-32-28-24-20-16-12-8-4)77-97-84(89)71-67-63-59-55-51-47-43-35-31-27-23-19-15-11-7-3/h9,13,21,23,25,27,33-38,40,42-44,46,48,50,52,58,60,62,64,81-83,88H,5-8,10-12,14-20,22,24,26,28-32,39,41,45,47,49,51,53-57,59,61,63,65-80H2,1-4H3,(H,93,94)(H,95,96)/t81?,82-,83-/m1/s1. The molecule has 0 radical (unpaired) electrons. The average molecular weight is 1530 g/mol. The zero-order valence-corrected chi connectivity index (χ0v) is 68.1. The van der Waals surface area contributed by atoms with Crippen molar-refractivity contribution in [3.8, 4) is 0 Å². The number of hydrogen-bond donors (Lipinski definition) is 3. The van der Waals surface area contributed by atoms with Crippen LogP contribution in [0.2, 0.25) is 0 Å². The van der Waals surface area contributed by atoms with Gasteiger partial charge in [-0.25, -0.2) is 9.13 Å². The molecule has 0 rings (SSSR count). The summed E-state index contributed by atoms with van der Waals surface area (Å²) in [6.45, 7) is 4.57. The number of phosphoric ester groups is 2. The zero-order chi connectivity index (χ0) is 77.4. The molecule has 3 unspecified atom stereocenters. The summed E-state index contributed by atoms with van der Waals surface area (Å²) in [6, 6.07) is 0. The molecule has 606 valence electrons. The Hall–Kier alpha value is -5.06. The van der Waals surface area contributed by atoms with Crippen LogP contribution in [-0.2, 0) is 65.4 Å². The van der Waals surface area contributed by atoms with Crippen LogP contribution in [0.5, 0.6) is 0 Å². The third-order valence-electron chi connectivity index (χ3n) is 16.8. The topological polar surface area (TPSA) is 237 Å². The van der Waals surface area contributed by atoms with Gasteiger partial charge in [0.1, 0.15) is 19.3 Å². The van der Waals surface area contributed by atoms with Crippen LogP contribution in [0.3, 0.4) is 0 Å². The average Bonchev–Trinajstić information content (AvgIpc) is 0.902. The van der Waals surface area contributed by atoms with E-state index in [0.717, 1.165) is 135 Å². The zero-order valence-electron chi connectivity index (χ0n) is 66.3. The van der Waals surface area contributed by atoms with Gasteiger partial charge in [0.15, 0.2) is 12.2 Å². The van der Waals surface area contributed by atoms with Crippen molar-refractivity contribution < 1.29 is 80.2 Å². The van der Waals surface area contributed by atoms with Crippen molar-refractivity contribution >= 4 is 39.5 Å². The van der Waals surface area contributed by atoms with Gasteiger partial charge >= 0.3 is 39.5 Å². The maximum absolute atomic E-state index is 13.1. The first kappa shape index (κ1) is 101. The summed E-state index contributed by atoms with van der Waals surface area (Å²) in [5, 5.41) is 10.6. The second-order valence-corrected chi connectivity index (χ2v) is 29.9.